The zero-order valence-electron chi connectivity index (χ0n) is 14.2. The Balaban J connectivity index is 1.75. The fourth-order valence-electron chi connectivity index (χ4n) is 2.37. The Bertz CT molecular complexity index is 690. The van der Waals surface area contributed by atoms with Crippen LogP contribution in [0.1, 0.15) is 24.5 Å². The Morgan fingerprint density at radius 1 is 1.04 bits per heavy atom. The third kappa shape index (κ3) is 6.93. The molecule has 0 spiro atoms. The van der Waals surface area contributed by atoms with Crippen molar-refractivity contribution in [1.29, 1.82) is 0 Å². The predicted octanol–water partition coefficient (Wildman–Crippen LogP) is 2.83. The maximum atomic E-state index is 12.0. The van der Waals surface area contributed by atoms with Gasteiger partial charge in [0.2, 0.25) is 11.8 Å². The highest BCUT2D eigenvalue weighted by Crippen LogP contribution is 2.10. The van der Waals surface area contributed by atoms with Crippen molar-refractivity contribution in [2.75, 3.05) is 13.1 Å². The number of hydrogen-bond donors (Lipinski definition) is 1. The van der Waals surface area contributed by atoms with Gasteiger partial charge in [-0.1, -0.05) is 23.7 Å². The maximum Gasteiger partial charge on any atom is 0.222 e. The number of carbonyl (C=O) groups excluding carboxylic acids is 2. The van der Waals surface area contributed by atoms with Crippen molar-refractivity contribution in [2.45, 2.75) is 26.3 Å². The van der Waals surface area contributed by atoms with Crippen LogP contribution >= 0.6 is 11.6 Å². The number of pyridine rings is 1. The van der Waals surface area contributed by atoms with Gasteiger partial charge in [-0.25, -0.2) is 0 Å². The largest absolute Gasteiger partial charge is 0.352 e. The summed E-state index contributed by atoms with van der Waals surface area (Å²) in [5.41, 5.74) is 2.10. The van der Waals surface area contributed by atoms with Crippen molar-refractivity contribution in [3.8, 4) is 0 Å². The summed E-state index contributed by atoms with van der Waals surface area (Å²) in [4.78, 5) is 29.4. The van der Waals surface area contributed by atoms with Gasteiger partial charge in [0.25, 0.3) is 0 Å². The summed E-state index contributed by atoms with van der Waals surface area (Å²) >= 11 is 5.87. The van der Waals surface area contributed by atoms with E-state index >= 15 is 0 Å². The van der Waals surface area contributed by atoms with Crippen molar-refractivity contribution in [3.05, 3.63) is 64.9 Å². The molecule has 0 fully saturated rings. The van der Waals surface area contributed by atoms with Crippen molar-refractivity contribution in [1.82, 2.24) is 15.2 Å². The van der Waals surface area contributed by atoms with Crippen LogP contribution in [0.5, 0.6) is 0 Å². The maximum absolute atomic E-state index is 12.0. The second kappa shape index (κ2) is 9.79. The molecule has 1 aromatic carbocycles. The van der Waals surface area contributed by atoms with Gasteiger partial charge < -0.3 is 10.2 Å². The van der Waals surface area contributed by atoms with Crippen LogP contribution in [0.3, 0.4) is 0 Å². The Morgan fingerprint density at radius 2 is 1.72 bits per heavy atom. The average Bonchev–Trinajstić information content (AvgIpc) is 2.62. The minimum Gasteiger partial charge on any atom is -0.352 e. The standard InChI is InChI=1S/C19H22ClN3O2/c1-15(24)23(12-8-16-2-4-18(20)5-3-16)13-9-19(25)22-14-17-6-10-21-11-7-17/h2-7,10-11H,8-9,12-14H2,1H3,(H,22,25). The smallest absolute Gasteiger partial charge is 0.222 e. The molecule has 1 heterocycles. The lowest BCUT2D eigenvalue weighted by Gasteiger charge is -2.21. The van der Waals surface area contributed by atoms with E-state index in [4.69, 9.17) is 11.6 Å². The van der Waals surface area contributed by atoms with Crippen LogP contribution in [-0.4, -0.2) is 34.8 Å². The Morgan fingerprint density at radius 3 is 2.36 bits per heavy atom. The van der Waals surface area contributed by atoms with Gasteiger partial charge in [0.15, 0.2) is 0 Å². The zero-order valence-corrected chi connectivity index (χ0v) is 15.0. The van der Waals surface area contributed by atoms with Gasteiger partial charge in [-0.3, -0.25) is 14.6 Å². The van der Waals surface area contributed by atoms with Crippen molar-refractivity contribution in [2.24, 2.45) is 0 Å². The number of aromatic nitrogens is 1. The van der Waals surface area contributed by atoms with E-state index in [0.717, 1.165) is 17.5 Å². The first-order chi connectivity index (χ1) is 12.0. The average molecular weight is 360 g/mol. The first-order valence-corrected chi connectivity index (χ1v) is 8.58. The molecule has 5 nitrogen and oxygen atoms in total. The molecule has 0 aliphatic rings. The van der Waals surface area contributed by atoms with Crippen LogP contribution in [0.15, 0.2) is 48.8 Å². The molecule has 0 bridgehead atoms. The Hall–Kier alpha value is -2.40. The van der Waals surface area contributed by atoms with Crippen molar-refractivity contribution in [3.63, 3.8) is 0 Å². The highest BCUT2D eigenvalue weighted by molar-refractivity contribution is 6.30. The molecule has 6 heteroatoms. The van der Waals surface area contributed by atoms with Gasteiger partial charge in [0, 0.05) is 50.4 Å². The van der Waals surface area contributed by atoms with Gasteiger partial charge in [-0.15, -0.1) is 0 Å². The predicted molar refractivity (Wildman–Crippen MR) is 98.1 cm³/mol. The monoisotopic (exact) mass is 359 g/mol. The summed E-state index contributed by atoms with van der Waals surface area (Å²) in [6.07, 6.45) is 4.39. The minimum atomic E-state index is -0.0745. The number of amides is 2. The molecule has 0 saturated heterocycles. The van der Waals surface area contributed by atoms with Gasteiger partial charge in [0.05, 0.1) is 0 Å². The third-order valence-corrected chi connectivity index (χ3v) is 4.13. The second-order valence-electron chi connectivity index (χ2n) is 5.76. The van der Waals surface area contributed by atoms with E-state index in [0.29, 0.717) is 24.7 Å². The molecule has 1 N–H and O–H groups in total. The number of halogens is 1. The molecule has 0 aliphatic heterocycles. The van der Waals surface area contributed by atoms with Crippen LogP contribution in [0, 0.1) is 0 Å². The molecule has 2 amide bonds. The van der Waals surface area contributed by atoms with Crippen molar-refractivity contribution < 1.29 is 9.59 Å². The van der Waals surface area contributed by atoms with E-state index < -0.39 is 0 Å². The Kier molecular flexibility index (Phi) is 7.41. The highest BCUT2D eigenvalue weighted by Gasteiger charge is 2.11. The second-order valence-corrected chi connectivity index (χ2v) is 6.20. The van der Waals surface area contributed by atoms with Gasteiger partial charge in [-0.05, 0) is 41.8 Å². The fourth-order valence-corrected chi connectivity index (χ4v) is 2.49. The molecule has 0 saturated carbocycles. The molecular formula is C19H22ClN3O2. The topological polar surface area (TPSA) is 62.3 Å². The normalized spacial score (nSPS) is 10.3. The van der Waals surface area contributed by atoms with E-state index in [1.807, 2.05) is 36.4 Å². The van der Waals surface area contributed by atoms with Gasteiger partial charge in [0.1, 0.15) is 0 Å². The lowest BCUT2D eigenvalue weighted by atomic mass is 10.1. The first kappa shape index (κ1) is 18.9. The molecule has 0 unspecified atom stereocenters. The van der Waals surface area contributed by atoms with Crippen molar-refractivity contribution >= 4 is 23.4 Å². The third-order valence-electron chi connectivity index (χ3n) is 3.88. The summed E-state index contributed by atoms with van der Waals surface area (Å²) < 4.78 is 0. The van der Waals surface area contributed by atoms with E-state index in [1.165, 1.54) is 6.92 Å². The van der Waals surface area contributed by atoms with Crippen LogP contribution < -0.4 is 5.32 Å². The van der Waals surface area contributed by atoms with Crippen LogP contribution in [0.4, 0.5) is 0 Å². The number of carbonyl (C=O) groups is 2. The quantitative estimate of drug-likeness (QED) is 0.788. The van der Waals surface area contributed by atoms with Crippen LogP contribution in [0.25, 0.3) is 0 Å². The van der Waals surface area contributed by atoms with E-state index in [-0.39, 0.29) is 18.2 Å². The summed E-state index contributed by atoms with van der Waals surface area (Å²) in [5, 5.41) is 3.55. The Labute approximate surface area is 153 Å². The number of nitrogens with zero attached hydrogens (tertiary/aromatic N) is 2. The molecule has 2 aromatic rings. The lowest BCUT2D eigenvalue weighted by molar-refractivity contribution is -0.129. The fraction of sp³-hybridized carbons (Fsp3) is 0.316. The summed E-state index contributed by atoms with van der Waals surface area (Å²) in [6, 6.07) is 11.3. The lowest BCUT2D eigenvalue weighted by Crippen LogP contribution is -2.35. The first-order valence-electron chi connectivity index (χ1n) is 8.20. The van der Waals surface area contributed by atoms with Crippen LogP contribution in [-0.2, 0) is 22.6 Å². The molecule has 1 aromatic heterocycles. The molecule has 0 atom stereocenters. The summed E-state index contributed by atoms with van der Waals surface area (Å²) in [6.45, 7) is 2.97. The summed E-state index contributed by atoms with van der Waals surface area (Å²) in [5.74, 6) is -0.106. The molecule has 0 radical (unpaired) electrons. The highest BCUT2D eigenvalue weighted by atomic mass is 35.5. The molecule has 2 rings (SSSR count). The molecule has 132 valence electrons. The number of hydrogen-bond acceptors (Lipinski definition) is 3. The number of benzene rings is 1. The molecular weight excluding hydrogens is 338 g/mol. The van der Waals surface area contributed by atoms with E-state index in [1.54, 1.807) is 17.3 Å². The zero-order chi connectivity index (χ0) is 18.1. The van der Waals surface area contributed by atoms with E-state index in [2.05, 4.69) is 10.3 Å². The van der Waals surface area contributed by atoms with Gasteiger partial charge >= 0.3 is 0 Å². The van der Waals surface area contributed by atoms with Crippen LogP contribution in [0.2, 0.25) is 5.02 Å². The van der Waals surface area contributed by atoms with Gasteiger partial charge in [-0.2, -0.15) is 0 Å². The van der Waals surface area contributed by atoms with E-state index in [9.17, 15) is 9.59 Å². The number of rotatable bonds is 8. The number of nitrogens with one attached hydrogen (secondary N) is 1. The SMILES string of the molecule is CC(=O)N(CCC(=O)NCc1ccncc1)CCc1ccc(Cl)cc1. The molecule has 0 aliphatic carbocycles. The molecule has 25 heavy (non-hydrogen) atoms. The minimum absolute atomic E-state index is 0.0316. The summed E-state index contributed by atoms with van der Waals surface area (Å²) in [7, 11) is 0.